The van der Waals surface area contributed by atoms with Crippen LogP contribution < -0.4 is 0 Å². The quantitative estimate of drug-likeness (QED) is 0.123. The van der Waals surface area contributed by atoms with Crippen molar-refractivity contribution >= 4 is 21.8 Å². The van der Waals surface area contributed by atoms with Crippen molar-refractivity contribution in [2.45, 2.75) is 72.6 Å². The van der Waals surface area contributed by atoms with Crippen molar-refractivity contribution < 1.29 is 0 Å². The first-order chi connectivity index (χ1) is 29.5. The Balaban J connectivity index is 0.00000246. The van der Waals surface area contributed by atoms with Crippen molar-refractivity contribution in [2.75, 3.05) is 0 Å². The molecule has 0 saturated carbocycles. The summed E-state index contributed by atoms with van der Waals surface area (Å²) in [7, 11) is 0. The van der Waals surface area contributed by atoms with Gasteiger partial charge >= 0.3 is 0 Å². The van der Waals surface area contributed by atoms with E-state index in [2.05, 4.69) is 220 Å². The van der Waals surface area contributed by atoms with Gasteiger partial charge in [0.2, 0.25) is 0 Å². The molecule has 1 heterocycles. The highest BCUT2D eigenvalue weighted by Crippen LogP contribution is 2.40. The van der Waals surface area contributed by atoms with Gasteiger partial charge in [-0.1, -0.05) is 192 Å². The maximum atomic E-state index is 2.40. The maximum absolute atomic E-state index is 2.40. The van der Waals surface area contributed by atoms with E-state index >= 15 is 0 Å². The first-order valence-corrected chi connectivity index (χ1v) is 22.1. The molecule has 60 heavy (non-hydrogen) atoms. The third-order valence-corrected chi connectivity index (χ3v) is 13.0. The molecule has 1 aromatic heterocycles. The zero-order valence-corrected chi connectivity index (χ0v) is 36.2. The molecule has 0 atom stereocenters. The van der Waals surface area contributed by atoms with Crippen LogP contribution in [0.2, 0.25) is 0 Å². The second-order valence-corrected chi connectivity index (χ2v) is 15.9. The second kappa shape index (κ2) is 17.8. The van der Waals surface area contributed by atoms with Crippen molar-refractivity contribution in [1.29, 1.82) is 0 Å². The fraction of sp³-hybridized carbons (Fsp3) is 0.186. The van der Waals surface area contributed by atoms with E-state index in [4.69, 9.17) is 0 Å². The molecular weight excluding hydrogens is 723 g/mol. The molecular formula is C59H57N. The molecule has 8 aromatic carbocycles. The van der Waals surface area contributed by atoms with E-state index < -0.39 is 0 Å². The lowest BCUT2D eigenvalue weighted by Gasteiger charge is -2.31. The summed E-state index contributed by atoms with van der Waals surface area (Å²) < 4.78 is 2.39. The van der Waals surface area contributed by atoms with Crippen molar-refractivity contribution in [2.24, 2.45) is 0 Å². The molecule has 0 unspecified atom stereocenters. The van der Waals surface area contributed by atoms with Crippen LogP contribution in [0.3, 0.4) is 0 Å². The zero-order valence-electron chi connectivity index (χ0n) is 36.2. The highest BCUT2D eigenvalue weighted by atomic mass is 15.0. The van der Waals surface area contributed by atoms with Crippen molar-refractivity contribution in [3.05, 3.63) is 210 Å². The first-order valence-electron chi connectivity index (χ1n) is 22.1. The van der Waals surface area contributed by atoms with Gasteiger partial charge in [0.05, 0.1) is 11.0 Å². The normalized spacial score (nSPS) is 11.4. The summed E-state index contributed by atoms with van der Waals surface area (Å²) in [5.41, 5.74) is 19.3. The molecule has 1 nitrogen and oxygen atoms in total. The van der Waals surface area contributed by atoms with E-state index in [-0.39, 0.29) is 5.41 Å². The number of para-hydroxylation sites is 2. The molecule has 0 radical (unpaired) electrons. The van der Waals surface area contributed by atoms with Gasteiger partial charge in [0.25, 0.3) is 0 Å². The molecule has 9 rings (SSSR count). The first kappa shape index (κ1) is 40.3. The molecule has 0 aliphatic carbocycles. The summed E-state index contributed by atoms with van der Waals surface area (Å²) in [6.45, 7) is 13.2. The van der Waals surface area contributed by atoms with Crippen LogP contribution in [0.4, 0.5) is 0 Å². The molecule has 0 amide bonds. The molecule has 9 aromatic rings. The van der Waals surface area contributed by atoms with Gasteiger partial charge in [-0.15, -0.1) is 0 Å². The molecule has 0 aliphatic rings. The Morgan fingerprint density at radius 1 is 0.417 bits per heavy atom. The van der Waals surface area contributed by atoms with E-state index in [1.165, 1.54) is 94.3 Å². The van der Waals surface area contributed by atoms with Crippen LogP contribution in [0.15, 0.2) is 188 Å². The molecule has 0 saturated heterocycles. The summed E-state index contributed by atoms with van der Waals surface area (Å²) in [6, 6.07) is 69.9. The monoisotopic (exact) mass is 779 g/mol. The smallest absolute Gasteiger partial charge is 0.0541 e. The number of hydrogen-bond donors (Lipinski definition) is 0. The minimum Gasteiger partial charge on any atom is -0.309 e. The van der Waals surface area contributed by atoms with Crippen LogP contribution in [0, 0.1) is 6.92 Å². The van der Waals surface area contributed by atoms with Gasteiger partial charge in [-0.05, 0) is 135 Å². The third kappa shape index (κ3) is 7.62. The SMILES string of the molecule is CC.CCC(CC)(CC)c1ccc(-c2ccc(-c3ccc(-n4c5ccccc5c5ccccc54)cc3)cc2-c2ccc(Cc3ccccc3-c3ccccc3C)cc2)cc1. The molecule has 298 valence electrons. The topological polar surface area (TPSA) is 4.93 Å². The summed E-state index contributed by atoms with van der Waals surface area (Å²) in [6.07, 6.45) is 4.33. The lowest BCUT2D eigenvalue weighted by atomic mass is 9.73. The van der Waals surface area contributed by atoms with E-state index in [1.54, 1.807) is 0 Å². The molecule has 0 spiro atoms. The molecule has 0 bridgehead atoms. The Labute approximate surface area is 358 Å². The summed E-state index contributed by atoms with van der Waals surface area (Å²) in [5.74, 6) is 0. The fourth-order valence-electron chi connectivity index (χ4n) is 9.42. The summed E-state index contributed by atoms with van der Waals surface area (Å²) in [4.78, 5) is 0. The zero-order chi connectivity index (χ0) is 41.6. The van der Waals surface area contributed by atoms with Crippen LogP contribution in [-0.4, -0.2) is 4.57 Å². The number of rotatable bonds is 11. The highest BCUT2D eigenvalue weighted by Gasteiger charge is 2.26. The van der Waals surface area contributed by atoms with Gasteiger partial charge in [0.15, 0.2) is 0 Å². The number of hydrogen-bond acceptors (Lipinski definition) is 0. The van der Waals surface area contributed by atoms with E-state index in [0.717, 1.165) is 25.7 Å². The van der Waals surface area contributed by atoms with Crippen LogP contribution in [0.1, 0.15) is 76.1 Å². The lowest BCUT2D eigenvalue weighted by Crippen LogP contribution is -2.23. The Morgan fingerprint density at radius 2 is 0.917 bits per heavy atom. The van der Waals surface area contributed by atoms with Crippen molar-refractivity contribution in [3.8, 4) is 50.2 Å². The predicted octanol–water partition coefficient (Wildman–Crippen LogP) is 16.8. The number of benzene rings is 8. The predicted molar refractivity (Wildman–Crippen MR) is 260 cm³/mol. The lowest BCUT2D eigenvalue weighted by molar-refractivity contribution is 0.382. The van der Waals surface area contributed by atoms with Gasteiger partial charge in [-0.25, -0.2) is 0 Å². The Hall–Kier alpha value is -6.44. The third-order valence-electron chi connectivity index (χ3n) is 13.0. The Morgan fingerprint density at radius 3 is 1.53 bits per heavy atom. The average Bonchev–Trinajstić information content (AvgIpc) is 3.66. The molecule has 0 fully saturated rings. The maximum Gasteiger partial charge on any atom is 0.0541 e. The largest absolute Gasteiger partial charge is 0.309 e. The van der Waals surface area contributed by atoms with Crippen LogP contribution in [0.5, 0.6) is 0 Å². The van der Waals surface area contributed by atoms with Crippen molar-refractivity contribution in [3.63, 3.8) is 0 Å². The van der Waals surface area contributed by atoms with Crippen LogP contribution in [-0.2, 0) is 11.8 Å². The van der Waals surface area contributed by atoms with Crippen molar-refractivity contribution in [1.82, 2.24) is 4.57 Å². The van der Waals surface area contributed by atoms with Crippen LogP contribution >= 0.6 is 0 Å². The van der Waals surface area contributed by atoms with Gasteiger partial charge in [-0.2, -0.15) is 0 Å². The van der Waals surface area contributed by atoms with Gasteiger partial charge in [0, 0.05) is 16.5 Å². The molecule has 0 N–H and O–H groups in total. The molecule has 0 aliphatic heterocycles. The van der Waals surface area contributed by atoms with E-state index in [1.807, 2.05) is 13.8 Å². The second-order valence-electron chi connectivity index (χ2n) is 15.9. The van der Waals surface area contributed by atoms with Gasteiger partial charge in [0.1, 0.15) is 0 Å². The Kier molecular flexibility index (Phi) is 12.0. The average molecular weight is 780 g/mol. The molecule has 1 heteroatoms. The summed E-state index contributed by atoms with van der Waals surface area (Å²) >= 11 is 0. The number of aromatic nitrogens is 1. The minimum absolute atomic E-state index is 0.226. The Bertz CT molecular complexity index is 2790. The number of aryl methyl sites for hydroxylation is 1. The minimum atomic E-state index is 0.226. The fourth-order valence-corrected chi connectivity index (χ4v) is 9.42. The van der Waals surface area contributed by atoms with Gasteiger partial charge < -0.3 is 4.57 Å². The van der Waals surface area contributed by atoms with E-state index in [9.17, 15) is 0 Å². The van der Waals surface area contributed by atoms with E-state index in [0.29, 0.717) is 0 Å². The standard InChI is InChI=1S/C57H51N.C2H6/c1-5-57(6-2,7-3)47-33-28-43(29-34-47)51-37-32-45(42-30-35-48(36-31-42)58-55-22-14-12-20-52(55)53-21-13-15-23-56(53)58)39-54(51)44-26-24-41(25-27-44)38-46-17-9-11-19-50(46)49-18-10-8-16-40(49)4;1-2/h8-37,39H,5-7,38H2,1-4H3;1-2H3. The van der Waals surface area contributed by atoms with Gasteiger partial charge in [-0.3, -0.25) is 0 Å². The number of fused-ring (bicyclic) bond motifs is 3. The summed E-state index contributed by atoms with van der Waals surface area (Å²) in [5, 5.41) is 2.56. The van der Waals surface area contributed by atoms with Crippen LogP contribution in [0.25, 0.3) is 72.0 Å². The highest BCUT2D eigenvalue weighted by molar-refractivity contribution is 6.09. The number of nitrogens with zero attached hydrogens (tertiary/aromatic N) is 1.